The number of anilines is 6. The first-order valence-corrected chi connectivity index (χ1v) is 22.9. The maximum Gasteiger partial charge on any atom is 0.0788 e. The van der Waals surface area contributed by atoms with Crippen LogP contribution in [0.2, 0.25) is 0 Å². The highest BCUT2D eigenvalue weighted by atomic mass is 15.2. The van der Waals surface area contributed by atoms with E-state index >= 15 is 0 Å². The van der Waals surface area contributed by atoms with Gasteiger partial charge in [0.2, 0.25) is 0 Å². The highest BCUT2D eigenvalue weighted by molar-refractivity contribution is 6.17. The van der Waals surface area contributed by atoms with E-state index in [1.165, 1.54) is 49.7 Å². The Labute approximate surface area is 386 Å². The Hall–Kier alpha value is -8.40. The lowest BCUT2D eigenvalue weighted by Crippen LogP contribution is -2.16. The van der Waals surface area contributed by atoms with Crippen molar-refractivity contribution in [2.45, 2.75) is 19.3 Å². The molecule has 0 unspecified atom stereocenters. The van der Waals surface area contributed by atoms with Crippen LogP contribution in [0.15, 0.2) is 249 Å². The van der Waals surface area contributed by atoms with Gasteiger partial charge in [-0.25, -0.2) is 0 Å². The van der Waals surface area contributed by atoms with Crippen LogP contribution in [0.5, 0.6) is 0 Å². The maximum atomic E-state index is 2.46. The van der Waals surface area contributed by atoms with E-state index in [0.717, 1.165) is 56.5 Å². The quantitative estimate of drug-likeness (QED) is 0.143. The van der Waals surface area contributed by atoms with Gasteiger partial charge in [-0.15, -0.1) is 0 Å². The van der Waals surface area contributed by atoms with Gasteiger partial charge in [-0.1, -0.05) is 184 Å². The summed E-state index contributed by atoms with van der Waals surface area (Å²) in [4.78, 5) is 4.85. The summed E-state index contributed by atoms with van der Waals surface area (Å²) in [6, 6.07) is 90.6. The fourth-order valence-corrected chi connectivity index (χ4v) is 10.4. The minimum atomic E-state index is -0.113. The van der Waals surface area contributed by atoms with Crippen molar-refractivity contribution < 1.29 is 0 Å². The molecule has 11 aromatic rings. The molecule has 314 valence electrons. The molecule has 3 nitrogen and oxygen atoms in total. The molecule has 12 rings (SSSR count). The largest absolute Gasteiger partial charge is 0.310 e. The molecule has 1 aliphatic carbocycles. The number of aromatic nitrogens is 1. The van der Waals surface area contributed by atoms with Gasteiger partial charge in [-0.2, -0.15) is 0 Å². The molecule has 1 aromatic heterocycles. The lowest BCUT2D eigenvalue weighted by Gasteiger charge is -2.30. The Kier molecular flexibility index (Phi) is 9.50. The molecule has 0 fully saturated rings. The predicted octanol–water partition coefficient (Wildman–Crippen LogP) is 17.4. The van der Waals surface area contributed by atoms with E-state index in [9.17, 15) is 0 Å². The van der Waals surface area contributed by atoms with E-state index in [1.807, 2.05) is 0 Å². The van der Waals surface area contributed by atoms with Crippen molar-refractivity contribution in [1.29, 1.82) is 0 Å². The summed E-state index contributed by atoms with van der Waals surface area (Å²) in [6.07, 6.45) is 0. The number of rotatable bonds is 9. The van der Waals surface area contributed by atoms with Crippen LogP contribution >= 0.6 is 0 Å². The summed E-state index contributed by atoms with van der Waals surface area (Å²) in [7, 11) is 0. The van der Waals surface area contributed by atoms with Gasteiger partial charge in [-0.05, 0) is 118 Å². The van der Waals surface area contributed by atoms with Crippen LogP contribution in [0.25, 0.3) is 60.9 Å². The molecule has 10 aromatic carbocycles. The third kappa shape index (κ3) is 6.51. The smallest absolute Gasteiger partial charge is 0.0788 e. The van der Waals surface area contributed by atoms with Crippen molar-refractivity contribution in [3.8, 4) is 39.1 Å². The van der Waals surface area contributed by atoms with Crippen LogP contribution in [0.4, 0.5) is 34.1 Å². The first-order chi connectivity index (χ1) is 32.5. The molecule has 0 spiro atoms. The third-order valence-corrected chi connectivity index (χ3v) is 13.6. The number of hydrogen-bond acceptors (Lipinski definition) is 2. The Bertz CT molecular complexity index is 3520. The zero-order valence-electron chi connectivity index (χ0n) is 37.0. The zero-order chi connectivity index (χ0) is 44.2. The summed E-state index contributed by atoms with van der Waals surface area (Å²) in [5.74, 6) is 0. The van der Waals surface area contributed by atoms with Crippen LogP contribution in [0.3, 0.4) is 0 Å². The van der Waals surface area contributed by atoms with E-state index in [-0.39, 0.29) is 5.41 Å². The fourth-order valence-electron chi connectivity index (χ4n) is 10.4. The van der Waals surface area contributed by atoms with Crippen molar-refractivity contribution in [2.24, 2.45) is 0 Å². The molecule has 1 heterocycles. The number of hydrogen-bond donors (Lipinski definition) is 0. The van der Waals surface area contributed by atoms with Gasteiger partial charge < -0.3 is 14.4 Å². The van der Waals surface area contributed by atoms with Crippen LogP contribution in [0, 0.1) is 0 Å². The van der Waals surface area contributed by atoms with Crippen molar-refractivity contribution >= 4 is 55.9 Å². The fraction of sp³-hybridized carbons (Fsp3) is 0.0476. The Morgan fingerprint density at radius 2 is 0.818 bits per heavy atom. The SMILES string of the molecule is CC1(C)c2ccccc2-c2ccc(N(c3ccccc3)c3ccc(-c4ccc5c6ccccc6n(-c6ccccc6)c5c4N(c4ccccc4)c4ccc(-c5ccccc5)cc4)cc3)cc21. The number of para-hydroxylation sites is 4. The second kappa shape index (κ2) is 16.0. The predicted molar refractivity (Wildman–Crippen MR) is 279 cm³/mol. The number of nitrogens with zero attached hydrogens (tertiary/aromatic N) is 3. The molecule has 0 amide bonds. The summed E-state index contributed by atoms with van der Waals surface area (Å²) in [6.45, 7) is 4.70. The molecule has 0 radical (unpaired) electrons. The lowest BCUT2D eigenvalue weighted by atomic mass is 9.82. The molecular weight excluding hydrogens is 799 g/mol. The van der Waals surface area contributed by atoms with Gasteiger partial charge in [0.25, 0.3) is 0 Å². The standard InChI is InChI=1S/C63H47N3/c1-63(2)58-29-17-15-27-54(58)55-40-39-52(43-59(55)63)64(47-21-9-4-10-22-47)50-37-33-46(34-38-50)53-41-42-57-56-28-16-18-30-60(56)66(49-25-13-6-14-26-49)62(57)61(53)65(48-23-11-5-12-24-48)51-35-31-45(32-36-51)44-19-7-3-8-20-44/h3-43H,1-2H3. The molecule has 0 saturated carbocycles. The van der Waals surface area contributed by atoms with Crippen molar-refractivity contribution in [3.05, 3.63) is 260 Å². The molecule has 1 aliphatic rings. The highest BCUT2D eigenvalue weighted by Crippen LogP contribution is 2.52. The van der Waals surface area contributed by atoms with Gasteiger partial charge in [0.05, 0.1) is 16.7 Å². The summed E-state index contributed by atoms with van der Waals surface area (Å²) in [5.41, 5.74) is 19.9. The Morgan fingerprint density at radius 1 is 0.333 bits per heavy atom. The first-order valence-electron chi connectivity index (χ1n) is 22.9. The Balaban J connectivity index is 1.07. The van der Waals surface area contributed by atoms with Gasteiger partial charge in [0.1, 0.15) is 0 Å². The van der Waals surface area contributed by atoms with Crippen LogP contribution in [-0.2, 0) is 5.41 Å². The molecular formula is C63H47N3. The van der Waals surface area contributed by atoms with E-state index in [0.29, 0.717) is 0 Å². The number of benzene rings is 10. The molecule has 0 aliphatic heterocycles. The molecule has 66 heavy (non-hydrogen) atoms. The molecule has 0 N–H and O–H groups in total. The third-order valence-electron chi connectivity index (χ3n) is 13.6. The second-order valence-electron chi connectivity index (χ2n) is 17.7. The second-order valence-corrected chi connectivity index (χ2v) is 17.7. The molecule has 0 saturated heterocycles. The molecule has 3 heteroatoms. The zero-order valence-corrected chi connectivity index (χ0v) is 37.0. The maximum absolute atomic E-state index is 2.46. The van der Waals surface area contributed by atoms with E-state index < -0.39 is 0 Å². The van der Waals surface area contributed by atoms with Gasteiger partial charge in [-0.3, -0.25) is 0 Å². The minimum Gasteiger partial charge on any atom is -0.310 e. The average molecular weight is 846 g/mol. The monoisotopic (exact) mass is 845 g/mol. The highest BCUT2D eigenvalue weighted by Gasteiger charge is 2.36. The average Bonchev–Trinajstić information content (AvgIpc) is 3.84. The number of fused-ring (bicyclic) bond motifs is 6. The van der Waals surface area contributed by atoms with Crippen molar-refractivity contribution in [1.82, 2.24) is 4.57 Å². The van der Waals surface area contributed by atoms with Crippen molar-refractivity contribution in [3.63, 3.8) is 0 Å². The van der Waals surface area contributed by atoms with Crippen LogP contribution in [-0.4, -0.2) is 4.57 Å². The summed E-state index contributed by atoms with van der Waals surface area (Å²) < 4.78 is 2.46. The summed E-state index contributed by atoms with van der Waals surface area (Å²) >= 11 is 0. The summed E-state index contributed by atoms with van der Waals surface area (Å²) in [5, 5.41) is 2.41. The van der Waals surface area contributed by atoms with E-state index in [1.54, 1.807) is 0 Å². The van der Waals surface area contributed by atoms with E-state index in [4.69, 9.17) is 0 Å². The molecule has 0 atom stereocenters. The van der Waals surface area contributed by atoms with Gasteiger partial charge in [0, 0.05) is 55.9 Å². The van der Waals surface area contributed by atoms with E-state index in [2.05, 4.69) is 277 Å². The molecule has 0 bridgehead atoms. The Morgan fingerprint density at radius 3 is 1.52 bits per heavy atom. The normalized spacial score (nSPS) is 12.5. The first kappa shape index (κ1) is 39.2. The lowest BCUT2D eigenvalue weighted by molar-refractivity contribution is 0.660. The van der Waals surface area contributed by atoms with Crippen LogP contribution < -0.4 is 9.80 Å². The van der Waals surface area contributed by atoms with Gasteiger partial charge in [0.15, 0.2) is 0 Å². The minimum absolute atomic E-state index is 0.113. The topological polar surface area (TPSA) is 11.4 Å². The van der Waals surface area contributed by atoms with Crippen LogP contribution in [0.1, 0.15) is 25.0 Å². The van der Waals surface area contributed by atoms with Crippen molar-refractivity contribution in [2.75, 3.05) is 9.80 Å². The van der Waals surface area contributed by atoms with Gasteiger partial charge >= 0.3 is 0 Å².